The molecule has 0 atom stereocenters. The first-order valence-electron chi connectivity index (χ1n) is 2.55. The maximum absolute atomic E-state index is 9.10. The van der Waals surface area contributed by atoms with Crippen LogP contribution in [-0.2, 0) is 24.0 Å². The third-order valence-electron chi connectivity index (χ3n) is 0.284. The zero-order valence-electron chi connectivity index (χ0n) is 6.48. The van der Waals surface area contributed by atoms with Crippen LogP contribution in [-0.4, -0.2) is 51.1 Å². The summed E-state index contributed by atoms with van der Waals surface area (Å²) in [5.41, 5.74) is 0. The van der Waals surface area contributed by atoms with E-state index in [9.17, 15) is 0 Å². The van der Waals surface area contributed by atoms with Crippen LogP contribution in [0, 0.1) is 0 Å². The number of carboxylic acids is 3. The topological polar surface area (TPSA) is 166 Å². The van der Waals surface area contributed by atoms with Crippen molar-refractivity contribution < 1.29 is 44.4 Å². The van der Waals surface area contributed by atoms with Gasteiger partial charge in [0.05, 0.1) is 0 Å². The molecule has 0 aliphatic carbocycles. The van der Waals surface area contributed by atoms with Crippen LogP contribution in [0.15, 0.2) is 0 Å². The van der Waals surface area contributed by atoms with Crippen LogP contribution in [0.2, 0.25) is 0 Å². The van der Waals surface area contributed by atoms with E-state index in [2.05, 4.69) is 0 Å². The molecule has 9 heteroatoms. The van der Waals surface area contributed by atoms with Crippen LogP contribution in [0.1, 0.15) is 0 Å². The second kappa shape index (κ2) is 13.2. The minimum Gasteiger partial charge on any atom is -0.483 e. The monoisotopic (exact) mass is 210 g/mol. The lowest BCUT2D eigenvalue weighted by atomic mass is 10.7. The molecular formula is C5H6O9. The lowest BCUT2D eigenvalue weighted by molar-refractivity contribution is -0.159. The van der Waals surface area contributed by atoms with E-state index in [-0.39, 0.29) is 12.8 Å². The summed E-state index contributed by atoms with van der Waals surface area (Å²) in [6, 6.07) is 0. The number of carboxylic acid groups (broad SMARTS) is 4. The van der Waals surface area contributed by atoms with Crippen molar-refractivity contribution in [3.8, 4) is 0 Å². The van der Waals surface area contributed by atoms with Crippen LogP contribution < -0.4 is 0 Å². The van der Waals surface area contributed by atoms with Gasteiger partial charge in [-0.3, -0.25) is 9.59 Å². The molecule has 0 bridgehead atoms. The highest BCUT2D eigenvalue weighted by Gasteiger charge is 2.04. The van der Waals surface area contributed by atoms with Crippen molar-refractivity contribution in [2.75, 3.05) is 0 Å². The molecular weight excluding hydrogens is 204 g/mol. The first-order valence-corrected chi connectivity index (χ1v) is 2.55. The number of aliphatic carboxylic acids is 3. The largest absolute Gasteiger partial charge is 0.483 e. The van der Waals surface area contributed by atoms with Gasteiger partial charge in [0, 0.05) is 0 Å². The molecule has 0 heterocycles. The molecule has 0 saturated carbocycles. The Morgan fingerprint density at radius 1 is 0.857 bits per heavy atom. The highest BCUT2D eigenvalue weighted by atomic mass is 16.4. The maximum atomic E-state index is 9.10. The van der Waals surface area contributed by atoms with E-state index in [1.54, 1.807) is 0 Å². The van der Waals surface area contributed by atoms with E-state index in [4.69, 9.17) is 44.4 Å². The summed E-state index contributed by atoms with van der Waals surface area (Å²) < 4.78 is 0. The van der Waals surface area contributed by atoms with Crippen molar-refractivity contribution in [1.82, 2.24) is 0 Å². The van der Waals surface area contributed by atoms with E-state index < -0.39 is 17.9 Å². The average molecular weight is 210 g/mol. The zero-order chi connectivity index (χ0) is 12.1. The molecule has 14 heavy (non-hydrogen) atoms. The number of aldehydes is 1. The normalized spacial score (nSPS) is 6.29. The molecule has 0 aliphatic heterocycles. The Kier molecular flexibility index (Phi) is 16.5. The van der Waals surface area contributed by atoms with Crippen LogP contribution in [0.25, 0.3) is 0 Å². The quantitative estimate of drug-likeness (QED) is 0.286. The summed E-state index contributed by atoms with van der Waals surface area (Å²) in [6.45, 7) is -0.250. The second-order valence-corrected chi connectivity index (χ2v) is 1.17. The predicted molar refractivity (Wildman–Crippen MR) is 37.7 cm³/mol. The van der Waals surface area contributed by atoms with E-state index in [1.165, 1.54) is 0 Å². The summed E-state index contributed by atoms with van der Waals surface area (Å²) in [5, 5.41) is 29.0. The Bertz CT molecular complexity index is 205. The first kappa shape index (κ1) is 17.6. The van der Waals surface area contributed by atoms with Gasteiger partial charge >= 0.3 is 17.9 Å². The van der Waals surface area contributed by atoms with Gasteiger partial charge in [0.1, 0.15) is 0 Å². The molecule has 0 aliphatic rings. The van der Waals surface area contributed by atoms with E-state index in [0.717, 1.165) is 0 Å². The highest BCUT2D eigenvalue weighted by molar-refractivity contribution is 6.27. The predicted octanol–water partition coefficient (Wildman–Crippen LogP) is -1.87. The summed E-state index contributed by atoms with van der Waals surface area (Å²) >= 11 is 0. The molecule has 0 rings (SSSR count). The number of hydrogen-bond donors (Lipinski definition) is 4. The summed E-state index contributed by atoms with van der Waals surface area (Å²) in [4.78, 5) is 44.5. The fraction of sp³-hybridized carbons (Fsp3) is 0. The van der Waals surface area contributed by atoms with Gasteiger partial charge in [-0.15, -0.1) is 0 Å². The van der Waals surface area contributed by atoms with Crippen LogP contribution in [0.3, 0.4) is 0 Å². The van der Waals surface area contributed by atoms with Gasteiger partial charge in [-0.05, 0) is 0 Å². The number of rotatable bonds is 1. The van der Waals surface area contributed by atoms with Crippen LogP contribution >= 0.6 is 0 Å². The zero-order valence-corrected chi connectivity index (χ0v) is 6.48. The molecule has 9 nitrogen and oxygen atoms in total. The Morgan fingerprint density at radius 3 is 1.00 bits per heavy atom. The van der Waals surface area contributed by atoms with Crippen molar-refractivity contribution in [2.45, 2.75) is 0 Å². The van der Waals surface area contributed by atoms with Crippen LogP contribution in [0.5, 0.6) is 0 Å². The van der Waals surface area contributed by atoms with Gasteiger partial charge < -0.3 is 20.4 Å². The number of hydrogen-bond acceptors (Lipinski definition) is 5. The Morgan fingerprint density at radius 2 is 1.00 bits per heavy atom. The van der Waals surface area contributed by atoms with Crippen molar-refractivity contribution in [3.63, 3.8) is 0 Å². The molecule has 0 aromatic carbocycles. The molecule has 0 fully saturated rings. The standard InChI is InChI=1S/C2H2O4.C2H2O3.CH2O2/c3-1(4)2(5)6;3-1-2(4)5;2-1-3/h(H,3,4)(H,5,6);1H,(H,4,5);1H,(H,2,3). The Hall–Kier alpha value is -2.45. The third-order valence-corrected chi connectivity index (χ3v) is 0.284. The summed E-state index contributed by atoms with van der Waals surface area (Å²) in [5.74, 6) is -5.07. The van der Waals surface area contributed by atoms with Crippen molar-refractivity contribution in [2.24, 2.45) is 0 Å². The lowest BCUT2D eigenvalue weighted by Gasteiger charge is -1.72. The molecule has 0 amide bonds. The van der Waals surface area contributed by atoms with Crippen molar-refractivity contribution >= 4 is 30.7 Å². The first-order chi connectivity index (χ1) is 6.33. The molecule has 4 N–H and O–H groups in total. The Labute approximate surface area is 76.2 Å². The second-order valence-electron chi connectivity index (χ2n) is 1.17. The lowest BCUT2D eigenvalue weighted by Crippen LogP contribution is -2.09. The third kappa shape index (κ3) is 55.4. The minimum absolute atomic E-state index is 0.167. The molecule has 0 spiro atoms. The molecule has 0 unspecified atom stereocenters. The van der Waals surface area contributed by atoms with Crippen molar-refractivity contribution in [1.29, 1.82) is 0 Å². The molecule has 0 saturated heterocycles. The van der Waals surface area contributed by atoms with Gasteiger partial charge in [-0.1, -0.05) is 0 Å². The fourth-order valence-electron chi connectivity index (χ4n) is 0. The average Bonchev–Trinajstić information content (AvgIpc) is 2.06. The van der Waals surface area contributed by atoms with Gasteiger partial charge in [-0.2, -0.15) is 0 Å². The van der Waals surface area contributed by atoms with Gasteiger partial charge in [0.25, 0.3) is 6.47 Å². The highest BCUT2D eigenvalue weighted by Crippen LogP contribution is 1.56. The van der Waals surface area contributed by atoms with Gasteiger partial charge in [0.15, 0.2) is 0 Å². The number of carbonyl (C=O) groups excluding carboxylic acids is 1. The molecule has 80 valence electrons. The fourth-order valence-corrected chi connectivity index (χ4v) is 0. The molecule has 0 aromatic rings. The maximum Gasteiger partial charge on any atom is 0.414 e. The molecule has 0 aromatic heterocycles. The SMILES string of the molecule is O=C(O)C(=O)O.O=CC(=O)O.O=CO. The van der Waals surface area contributed by atoms with E-state index in [0.29, 0.717) is 0 Å². The van der Waals surface area contributed by atoms with Crippen molar-refractivity contribution in [3.05, 3.63) is 0 Å². The Balaban J connectivity index is -0.000000138. The summed E-state index contributed by atoms with van der Waals surface area (Å²) in [7, 11) is 0. The van der Waals surface area contributed by atoms with Gasteiger partial charge in [-0.25, -0.2) is 14.4 Å². The van der Waals surface area contributed by atoms with Crippen LogP contribution in [0.4, 0.5) is 0 Å². The van der Waals surface area contributed by atoms with E-state index in [1.807, 2.05) is 0 Å². The smallest absolute Gasteiger partial charge is 0.414 e. The minimum atomic E-state index is -1.82. The van der Waals surface area contributed by atoms with Gasteiger partial charge in [0.2, 0.25) is 6.29 Å². The molecule has 0 radical (unpaired) electrons. The van der Waals surface area contributed by atoms with E-state index >= 15 is 0 Å². The number of carbonyl (C=O) groups is 5. The summed E-state index contributed by atoms with van der Waals surface area (Å²) in [6.07, 6.45) is -0.167.